The molecule has 0 heterocycles. The highest BCUT2D eigenvalue weighted by molar-refractivity contribution is 8.00. The van der Waals surface area contributed by atoms with Crippen molar-refractivity contribution in [2.45, 2.75) is 64.5 Å². The average Bonchev–Trinajstić information content (AvgIpc) is 2.40. The Kier molecular flexibility index (Phi) is 4.48. The van der Waals surface area contributed by atoms with Gasteiger partial charge in [-0.25, -0.2) is 0 Å². The summed E-state index contributed by atoms with van der Waals surface area (Å²) in [5.41, 5.74) is 7.29. The second-order valence-corrected chi connectivity index (χ2v) is 8.80. The van der Waals surface area contributed by atoms with Crippen molar-refractivity contribution in [3.63, 3.8) is 0 Å². The first-order valence-electron chi connectivity index (χ1n) is 8.74. The molecule has 0 radical (unpaired) electrons. The Bertz CT molecular complexity index is 651. The molecule has 124 valence electrons. The zero-order valence-electron chi connectivity index (χ0n) is 15.1. The molecule has 1 aromatic carbocycles. The Hall–Kier alpha value is -1.02. The molecule has 0 saturated heterocycles. The number of hydrogen-bond acceptors (Lipinski definition) is 2. The summed E-state index contributed by atoms with van der Waals surface area (Å²) in [6.45, 7) is 8.60. The van der Waals surface area contributed by atoms with Gasteiger partial charge in [0, 0.05) is 16.7 Å². The smallest absolute Gasteiger partial charge is 0.163 e. The first kappa shape index (κ1) is 16.8. The largest absolute Gasteiger partial charge is 0.294 e. The fourth-order valence-electron chi connectivity index (χ4n) is 4.71. The number of rotatable bonds is 3. The molecule has 0 bridgehead atoms. The normalized spacial score (nSPS) is 23.9. The summed E-state index contributed by atoms with van der Waals surface area (Å²) in [4.78, 5) is 13.0. The predicted octanol–water partition coefficient (Wildman–Crippen LogP) is 5.65. The Morgan fingerprint density at radius 1 is 1.04 bits per heavy atom. The van der Waals surface area contributed by atoms with Gasteiger partial charge in [0.1, 0.15) is 0 Å². The van der Waals surface area contributed by atoms with E-state index in [1.54, 1.807) is 0 Å². The predicted molar refractivity (Wildman–Crippen MR) is 101 cm³/mol. The monoisotopic (exact) mass is 328 g/mol. The van der Waals surface area contributed by atoms with Gasteiger partial charge in [-0.15, -0.1) is 0 Å². The molecule has 0 spiro atoms. The van der Waals surface area contributed by atoms with E-state index in [4.69, 9.17) is 0 Å². The maximum Gasteiger partial charge on any atom is 0.163 e. The van der Waals surface area contributed by atoms with Gasteiger partial charge in [-0.2, -0.15) is 11.8 Å². The first-order valence-corrected chi connectivity index (χ1v) is 9.97. The lowest BCUT2D eigenvalue weighted by Crippen LogP contribution is -2.43. The lowest BCUT2D eigenvalue weighted by Gasteiger charge is -2.48. The van der Waals surface area contributed by atoms with Crippen LogP contribution in [0.25, 0.3) is 5.57 Å². The molecule has 3 rings (SSSR count). The Morgan fingerprint density at radius 2 is 1.65 bits per heavy atom. The van der Waals surface area contributed by atoms with Gasteiger partial charge in [0.2, 0.25) is 0 Å². The third-order valence-electron chi connectivity index (χ3n) is 5.97. The molecule has 1 atom stereocenters. The van der Waals surface area contributed by atoms with Crippen molar-refractivity contribution in [2.75, 3.05) is 6.26 Å². The van der Waals surface area contributed by atoms with Crippen LogP contribution >= 0.6 is 11.8 Å². The minimum Gasteiger partial charge on any atom is -0.294 e. The maximum absolute atomic E-state index is 13.0. The molecule has 1 nitrogen and oxygen atoms in total. The summed E-state index contributed by atoms with van der Waals surface area (Å²) in [6.07, 6.45) is 7.97. The van der Waals surface area contributed by atoms with Gasteiger partial charge in [-0.1, -0.05) is 29.7 Å². The van der Waals surface area contributed by atoms with Gasteiger partial charge >= 0.3 is 0 Å². The van der Waals surface area contributed by atoms with E-state index in [1.165, 1.54) is 47.1 Å². The standard InChI is InChI=1S/C21H28OS/c1-13-9-14(2)19(15(3)10-13)20-16(4)11-17(12-18(20)22)21(23-5)7-6-8-21/h9-10,17H,6-8,11-12H2,1-5H3. The average molecular weight is 329 g/mol. The van der Waals surface area contributed by atoms with Crippen molar-refractivity contribution in [1.82, 2.24) is 0 Å². The fraction of sp³-hybridized carbons (Fsp3) is 0.571. The third-order valence-corrected chi connectivity index (χ3v) is 7.52. The van der Waals surface area contributed by atoms with Crippen LogP contribution < -0.4 is 0 Å². The van der Waals surface area contributed by atoms with Gasteiger partial charge in [-0.05, 0) is 75.8 Å². The Balaban J connectivity index is 2.00. The number of ketones is 1. The SMILES string of the molecule is CSC1(C2CC(=O)C(c3c(C)cc(C)cc3C)=C(C)C2)CCC1. The minimum atomic E-state index is 0.370. The van der Waals surface area contributed by atoms with E-state index in [-0.39, 0.29) is 0 Å². The summed E-state index contributed by atoms with van der Waals surface area (Å²) in [5, 5.41) is 0. The van der Waals surface area contributed by atoms with Crippen LogP contribution in [0.4, 0.5) is 0 Å². The summed E-state index contributed by atoms with van der Waals surface area (Å²) < 4.78 is 0.375. The third kappa shape index (κ3) is 2.80. The Morgan fingerprint density at radius 3 is 2.09 bits per heavy atom. The zero-order valence-corrected chi connectivity index (χ0v) is 15.9. The molecule has 0 aromatic heterocycles. The van der Waals surface area contributed by atoms with Crippen LogP contribution in [-0.4, -0.2) is 16.8 Å². The summed E-state index contributed by atoms with van der Waals surface area (Å²) >= 11 is 2.00. The van der Waals surface area contributed by atoms with Gasteiger partial charge in [0.25, 0.3) is 0 Å². The number of thioether (sulfide) groups is 1. The zero-order chi connectivity index (χ0) is 16.8. The van der Waals surface area contributed by atoms with Crippen LogP contribution in [0.15, 0.2) is 17.7 Å². The molecular weight excluding hydrogens is 300 g/mol. The molecular formula is C21H28OS. The molecule has 2 heteroatoms. The topological polar surface area (TPSA) is 17.1 Å². The second kappa shape index (κ2) is 6.12. The Labute approximate surface area is 144 Å². The first-order chi connectivity index (χ1) is 10.9. The second-order valence-electron chi connectivity index (χ2n) is 7.58. The number of hydrogen-bond donors (Lipinski definition) is 0. The van der Waals surface area contributed by atoms with Crippen molar-refractivity contribution in [3.8, 4) is 0 Å². The van der Waals surface area contributed by atoms with Crippen molar-refractivity contribution in [1.29, 1.82) is 0 Å². The molecule has 0 amide bonds. The molecule has 0 N–H and O–H groups in total. The number of aryl methyl sites for hydroxylation is 3. The van der Waals surface area contributed by atoms with Gasteiger partial charge in [0.05, 0.1) is 0 Å². The van der Waals surface area contributed by atoms with Crippen molar-refractivity contribution in [2.24, 2.45) is 5.92 Å². The number of carbonyl (C=O) groups is 1. The molecule has 1 saturated carbocycles. The van der Waals surface area contributed by atoms with E-state index in [9.17, 15) is 4.79 Å². The quantitative estimate of drug-likeness (QED) is 0.713. The fourth-order valence-corrected chi connectivity index (χ4v) is 5.91. The molecule has 1 fully saturated rings. The van der Waals surface area contributed by atoms with E-state index < -0.39 is 0 Å². The highest BCUT2D eigenvalue weighted by Crippen LogP contribution is 2.53. The van der Waals surface area contributed by atoms with Crippen LogP contribution in [0, 0.1) is 26.7 Å². The number of allylic oxidation sites excluding steroid dienone is 2. The van der Waals surface area contributed by atoms with E-state index in [2.05, 4.69) is 46.1 Å². The number of Topliss-reactive ketones (excluding diaryl/α,β-unsaturated/α-hetero) is 1. The maximum atomic E-state index is 13.0. The van der Waals surface area contributed by atoms with Crippen molar-refractivity contribution >= 4 is 23.1 Å². The van der Waals surface area contributed by atoms with Crippen LogP contribution in [0.1, 0.15) is 61.3 Å². The molecule has 0 aliphatic heterocycles. The van der Waals surface area contributed by atoms with Crippen molar-refractivity contribution < 1.29 is 4.79 Å². The molecule has 2 aliphatic carbocycles. The van der Waals surface area contributed by atoms with Crippen LogP contribution in [0.2, 0.25) is 0 Å². The summed E-state index contributed by atoms with van der Waals surface area (Å²) in [6, 6.07) is 4.41. The van der Waals surface area contributed by atoms with Crippen LogP contribution in [0.3, 0.4) is 0 Å². The van der Waals surface area contributed by atoms with Crippen LogP contribution in [-0.2, 0) is 4.79 Å². The lowest BCUT2D eigenvalue weighted by atomic mass is 9.67. The van der Waals surface area contributed by atoms with Crippen LogP contribution in [0.5, 0.6) is 0 Å². The highest BCUT2D eigenvalue weighted by atomic mass is 32.2. The summed E-state index contributed by atoms with van der Waals surface area (Å²) in [5.74, 6) is 0.905. The van der Waals surface area contributed by atoms with Gasteiger partial charge < -0.3 is 0 Å². The van der Waals surface area contributed by atoms with E-state index in [1.807, 2.05) is 11.8 Å². The molecule has 23 heavy (non-hydrogen) atoms. The van der Waals surface area contributed by atoms with E-state index in [0.29, 0.717) is 16.4 Å². The van der Waals surface area contributed by atoms with E-state index >= 15 is 0 Å². The van der Waals surface area contributed by atoms with Gasteiger partial charge in [-0.3, -0.25) is 4.79 Å². The minimum absolute atomic E-state index is 0.370. The highest BCUT2D eigenvalue weighted by Gasteiger charge is 2.46. The van der Waals surface area contributed by atoms with E-state index in [0.717, 1.165) is 18.4 Å². The van der Waals surface area contributed by atoms with Gasteiger partial charge in [0.15, 0.2) is 5.78 Å². The molecule has 2 aliphatic rings. The number of benzene rings is 1. The molecule has 1 aromatic rings. The molecule has 1 unspecified atom stereocenters. The number of carbonyl (C=O) groups excluding carboxylic acids is 1. The summed E-state index contributed by atoms with van der Waals surface area (Å²) in [7, 11) is 0. The lowest BCUT2D eigenvalue weighted by molar-refractivity contribution is -0.115. The van der Waals surface area contributed by atoms with Crippen molar-refractivity contribution in [3.05, 3.63) is 40.0 Å².